The van der Waals surface area contributed by atoms with Crippen LogP contribution in [0.4, 0.5) is 0 Å². The van der Waals surface area contributed by atoms with Crippen LogP contribution in [0.2, 0.25) is 0 Å². The molecule has 2 rings (SSSR count). The maximum atomic E-state index is 12.5. The molecule has 0 saturated heterocycles. The van der Waals surface area contributed by atoms with E-state index in [1.165, 1.54) is 0 Å². The lowest BCUT2D eigenvalue weighted by Crippen LogP contribution is -2.41. The lowest BCUT2D eigenvalue weighted by molar-refractivity contribution is 0.0910. The Kier molecular flexibility index (Phi) is 3.89. The number of amides is 1. The fourth-order valence-corrected chi connectivity index (χ4v) is 1.90. The van der Waals surface area contributed by atoms with E-state index in [4.69, 9.17) is 0 Å². The van der Waals surface area contributed by atoms with E-state index in [1.54, 1.807) is 21.8 Å². The second-order valence-corrected chi connectivity index (χ2v) is 6.53. The first-order valence-electron chi connectivity index (χ1n) is 7.02. The van der Waals surface area contributed by atoms with Crippen LogP contribution in [0.1, 0.15) is 38.1 Å². The van der Waals surface area contributed by atoms with Gasteiger partial charge in [0.15, 0.2) is 0 Å². The van der Waals surface area contributed by atoms with E-state index in [0.29, 0.717) is 11.3 Å². The van der Waals surface area contributed by atoms with Gasteiger partial charge in [-0.05, 0) is 12.3 Å². The normalized spacial score (nSPS) is 13.2. The molecule has 1 N–H and O–H groups in total. The summed E-state index contributed by atoms with van der Waals surface area (Å²) in [4.78, 5) is 12.5. The van der Waals surface area contributed by atoms with E-state index in [-0.39, 0.29) is 17.4 Å². The van der Waals surface area contributed by atoms with Crippen molar-refractivity contribution < 1.29 is 4.79 Å². The average Bonchev–Trinajstić information content (AvgIpc) is 2.93. The van der Waals surface area contributed by atoms with E-state index < -0.39 is 0 Å². The van der Waals surface area contributed by atoms with Crippen molar-refractivity contribution in [3.63, 3.8) is 0 Å². The Labute approximate surface area is 125 Å². The topological polar surface area (TPSA) is 64.7 Å². The van der Waals surface area contributed by atoms with E-state index in [9.17, 15) is 4.79 Å². The molecule has 0 aliphatic rings. The van der Waals surface area contributed by atoms with Gasteiger partial charge in [-0.3, -0.25) is 14.2 Å². The summed E-state index contributed by atoms with van der Waals surface area (Å²) >= 11 is 0. The lowest BCUT2D eigenvalue weighted by Gasteiger charge is -2.27. The first kappa shape index (κ1) is 15.3. The summed E-state index contributed by atoms with van der Waals surface area (Å²) in [5.74, 6) is -0.107. The molecule has 0 spiro atoms. The van der Waals surface area contributed by atoms with Gasteiger partial charge in [-0.15, -0.1) is 0 Å². The fourth-order valence-electron chi connectivity index (χ4n) is 1.90. The predicted octanol–water partition coefficient (Wildman–Crippen LogP) is 1.98. The van der Waals surface area contributed by atoms with Gasteiger partial charge >= 0.3 is 0 Å². The maximum Gasteiger partial charge on any atom is 0.255 e. The summed E-state index contributed by atoms with van der Waals surface area (Å²) in [6.07, 6.45) is 5.31. The van der Waals surface area contributed by atoms with Gasteiger partial charge in [0.2, 0.25) is 0 Å². The minimum Gasteiger partial charge on any atom is -0.349 e. The van der Waals surface area contributed by atoms with Gasteiger partial charge in [0.1, 0.15) is 5.69 Å². The maximum absolute atomic E-state index is 12.5. The van der Waals surface area contributed by atoms with Crippen molar-refractivity contribution in [1.82, 2.24) is 24.9 Å². The van der Waals surface area contributed by atoms with Gasteiger partial charge < -0.3 is 5.32 Å². The van der Waals surface area contributed by atoms with Crippen molar-refractivity contribution in [1.29, 1.82) is 0 Å². The molecule has 6 heteroatoms. The monoisotopic (exact) mass is 289 g/mol. The fraction of sp³-hybridized carbons (Fsp3) is 0.533. The van der Waals surface area contributed by atoms with E-state index >= 15 is 0 Å². The Morgan fingerprint density at radius 2 is 1.90 bits per heavy atom. The third-order valence-electron chi connectivity index (χ3n) is 3.70. The van der Waals surface area contributed by atoms with Crippen molar-refractivity contribution in [3.8, 4) is 11.3 Å². The zero-order valence-corrected chi connectivity index (χ0v) is 13.5. The van der Waals surface area contributed by atoms with Gasteiger partial charge in [0.25, 0.3) is 5.91 Å². The van der Waals surface area contributed by atoms with Crippen LogP contribution < -0.4 is 5.32 Å². The van der Waals surface area contributed by atoms with Gasteiger partial charge in [-0.1, -0.05) is 20.8 Å². The van der Waals surface area contributed by atoms with Crippen LogP contribution in [0, 0.1) is 5.41 Å². The Morgan fingerprint density at radius 1 is 1.24 bits per heavy atom. The highest BCUT2D eigenvalue weighted by molar-refractivity contribution is 5.99. The average molecular weight is 289 g/mol. The van der Waals surface area contributed by atoms with Crippen molar-refractivity contribution in [2.45, 2.75) is 33.7 Å². The number of aromatic nitrogens is 4. The predicted molar refractivity (Wildman–Crippen MR) is 81.8 cm³/mol. The molecule has 2 heterocycles. The Bertz CT molecular complexity index is 647. The second kappa shape index (κ2) is 5.35. The Balaban J connectivity index is 2.30. The van der Waals surface area contributed by atoms with Crippen LogP contribution in [-0.2, 0) is 14.1 Å². The molecule has 2 aromatic rings. The summed E-state index contributed by atoms with van der Waals surface area (Å²) in [5, 5.41) is 11.6. The number of nitrogens with zero attached hydrogens (tertiary/aromatic N) is 4. The number of carbonyl (C=O) groups is 1. The number of hydrogen-bond acceptors (Lipinski definition) is 3. The van der Waals surface area contributed by atoms with Crippen LogP contribution in [-0.4, -0.2) is 31.5 Å². The first-order valence-corrected chi connectivity index (χ1v) is 7.02. The van der Waals surface area contributed by atoms with Gasteiger partial charge in [0, 0.05) is 38.1 Å². The molecule has 2 aromatic heterocycles. The number of carbonyl (C=O) groups excluding carboxylic acids is 1. The van der Waals surface area contributed by atoms with Crippen LogP contribution in [0.15, 0.2) is 18.6 Å². The van der Waals surface area contributed by atoms with Crippen LogP contribution in [0.25, 0.3) is 11.3 Å². The summed E-state index contributed by atoms with van der Waals surface area (Å²) in [6.45, 7) is 8.31. The lowest BCUT2D eigenvalue weighted by atomic mass is 9.88. The van der Waals surface area contributed by atoms with Crippen LogP contribution in [0.3, 0.4) is 0 Å². The molecular weight excluding hydrogens is 266 g/mol. The van der Waals surface area contributed by atoms with Crippen molar-refractivity contribution in [2.75, 3.05) is 0 Å². The van der Waals surface area contributed by atoms with Crippen LogP contribution in [0.5, 0.6) is 0 Å². The molecule has 1 amide bonds. The van der Waals surface area contributed by atoms with E-state index in [0.717, 1.165) is 5.56 Å². The molecule has 0 bridgehead atoms. The minimum atomic E-state index is -0.107. The van der Waals surface area contributed by atoms with E-state index in [2.05, 4.69) is 36.3 Å². The number of hydrogen-bond donors (Lipinski definition) is 1. The molecule has 6 nitrogen and oxygen atoms in total. The summed E-state index contributed by atoms with van der Waals surface area (Å²) in [7, 11) is 3.65. The quantitative estimate of drug-likeness (QED) is 0.939. The Hall–Kier alpha value is -2.11. The van der Waals surface area contributed by atoms with Crippen LogP contribution >= 0.6 is 0 Å². The van der Waals surface area contributed by atoms with Gasteiger partial charge in [-0.25, -0.2) is 0 Å². The van der Waals surface area contributed by atoms with Crippen molar-refractivity contribution in [2.24, 2.45) is 19.5 Å². The molecule has 114 valence electrons. The molecule has 0 aromatic carbocycles. The second-order valence-electron chi connectivity index (χ2n) is 6.53. The zero-order chi connectivity index (χ0) is 15.8. The molecule has 0 aliphatic carbocycles. The number of aryl methyl sites for hydroxylation is 2. The highest BCUT2D eigenvalue weighted by atomic mass is 16.1. The van der Waals surface area contributed by atoms with E-state index in [1.807, 2.05) is 27.2 Å². The summed E-state index contributed by atoms with van der Waals surface area (Å²) < 4.78 is 3.35. The standard InChI is InChI=1S/C15H23N5O/c1-10(15(2,3)4)17-14(21)12-9-20(6)18-13(12)11-7-16-19(5)8-11/h7-10H,1-6H3,(H,17,21)/t10-/m1/s1. The highest BCUT2D eigenvalue weighted by Crippen LogP contribution is 2.23. The molecule has 0 radical (unpaired) electrons. The molecule has 0 saturated carbocycles. The minimum absolute atomic E-state index is 0.00628. The Morgan fingerprint density at radius 3 is 2.43 bits per heavy atom. The highest BCUT2D eigenvalue weighted by Gasteiger charge is 2.25. The molecule has 0 fully saturated rings. The molecular formula is C15H23N5O. The first-order chi connectivity index (χ1) is 9.68. The smallest absolute Gasteiger partial charge is 0.255 e. The summed E-state index contributed by atoms with van der Waals surface area (Å²) in [5.41, 5.74) is 2.07. The third-order valence-corrected chi connectivity index (χ3v) is 3.70. The number of rotatable bonds is 3. The largest absolute Gasteiger partial charge is 0.349 e. The molecule has 1 atom stereocenters. The number of nitrogens with one attached hydrogen (secondary N) is 1. The van der Waals surface area contributed by atoms with Crippen molar-refractivity contribution >= 4 is 5.91 Å². The third kappa shape index (κ3) is 3.32. The SMILES string of the molecule is C[C@@H](NC(=O)c1cn(C)nc1-c1cnn(C)c1)C(C)(C)C. The molecule has 21 heavy (non-hydrogen) atoms. The van der Waals surface area contributed by atoms with Gasteiger partial charge in [-0.2, -0.15) is 10.2 Å². The summed E-state index contributed by atoms with van der Waals surface area (Å²) in [6, 6.07) is 0.0620. The van der Waals surface area contributed by atoms with Gasteiger partial charge in [0.05, 0.1) is 11.8 Å². The van der Waals surface area contributed by atoms with Crippen molar-refractivity contribution in [3.05, 3.63) is 24.2 Å². The zero-order valence-electron chi connectivity index (χ0n) is 13.5. The molecule has 0 unspecified atom stereocenters. The molecule has 0 aliphatic heterocycles.